The first-order chi connectivity index (χ1) is 13.0. The van der Waals surface area contributed by atoms with Gasteiger partial charge in [-0.05, 0) is 59.5 Å². The smallest absolute Gasteiger partial charge is 0.00766 e. The zero-order valence-corrected chi connectivity index (χ0v) is 25.1. The van der Waals surface area contributed by atoms with Crippen molar-refractivity contribution >= 4 is 75.8 Å². The molecule has 0 rings (SSSR count). The number of hydrogen-bond donors (Lipinski definition) is 6. The fourth-order valence-electron chi connectivity index (χ4n) is 1.70. The third kappa shape index (κ3) is 42.3. The monoisotopic (exact) mass is 508 g/mol. The Morgan fingerprint density at radius 3 is 1.36 bits per heavy atom. The lowest BCUT2D eigenvalue weighted by Crippen LogP contribution is -2.11. The first kappa shape index (κ1) is 37.4. The molecule has 0 aliphatic heterocycles. The van der Waals surface area contributed by atoms with Crippen LogP contribution in [0.25, 0.3) is 0 Å². The van der Waals surface area contributed by atoms with E-state index in [1.165, 1.54) is 38.5 Å². The molecule has 0 amide bonds. The fourth-order valence-corrected chi connectivity index (χ4v) is 2.90. The van der Waals surface area contributed by atoms with Crippen LogP contribution in [0.1, 0.15) is 87.0 Å². The van der Waals surface area contributed by atoms with Crippen LogP contribution in [0.5, 0.6) is 0 Å². The Bertz CT molecular complexity index is 255. The summed E-state index contributed by atoms with van der Waals surface area (Å²) in [5, 5.41) is 0.443. The molecule has 0 bridgehead atoms. The van der Waals surface area contributed by atoms with E-state index < -0.39 is 0 Å². The lowest BCUT2D eigenvalue weighted by molar-refractivity contribution is 0.323. The van der Waals surface area contributed by atoms with Crippen molar-refractivity contribution in [3.63, 3.8) is 0 Å². The molecule has 3 atom stereocenters. The molecule has 0 fully saturated rings. The molecule has 176 valence electrons. The van der Waals surface area contributed by atoms with Crippen LogP contribution in [0.3, 0.4) is 0 Å². The number of thiol groups is 6. The third-order valence-electron chi connectivity index (χ3n) is 4.17. The second-order valence-corrected chi connectivity index (χ2v) is 11.1. The molecule has 0 saturated carbocycles. The molecule has 0 N–H and O–H groups in total. The molecular formula is C22H52S6. The minimum atomic E-state index is 0.443. The van der Waals surface area contributed by atoms with Crippen LogP contribution < -0.4 is 0 Å². The van der Waals surface area contributed by atoms with Crippen molar-refractivity contribution < 1.29 is 0 Å². The van der Waals surface area contributed by atoms with E-state index in [0.29, 0.717) is 10.7 Å². The van der Waals surface area contributed by atoms with E-state index in [9.17, 15) is 0 Å². The van der Waals surface area contributed by atoms with Crippen LogP contribution in [0.15, 0.2) is 0 Å². The summed E-state index contributed by atoms with van der Waals surface area (Å²) < 4.78 is 0. The van der Waals surface area contributed by atoms with Gasteiger partial charge < -0.3 is 0 Å². The first-order valence-electron chi connectivity index (χ1n) is 10.7. The van der Waals surface area contributed by atoms with E-state index in [2.05, 4.69) is 117 Å². The highest BCUT2D eigenvalue weighted by Gasteiger charge is 2.15. The van der Waals surface area contributed by atoms with Gasteiger partial charge in [-0.2, -0.15) is 75.8 Å². The summed E-state index contributed by atoms with van der Waals surface area (Å²) in [5.74, 6) is 6.55. The highest BCUT2D eigenvalue weighted by Crippen LogP contribution is 2.26. The molecule has 0 aromatic rings. The van der Waals surface area contributed by atoms with Crippen molar-refractivity contribution in [2.24, 2.45) is 17.3 Å². The third-order valence-corrected chi connectivity index (χ3v) is 6.97. The van der Waals surface area contributed by atoms with Crippen LogP contribution in [0, 0.1) is 17.3 Å². The molecule has 0 aromatic heterocycles. The molecule has 0 aliphatic rings. The van der Waals surface area contributed by atoms with E-state index >= 15 is 0 Å². The standard InChI is InChI=1S/C8H18S2.C6H14S.C5H12S.C3H8S2/c1-8(2,5-7-10)4-3-6-9;1-3-4-6(2)5-7;1-3-5(2)4-6;1-3(5)2-4/h9-10H,3-7H2,1-2H3;6-7H,3-5H2,1-2H3;5-6H,3-4H2,1-2H3;3-5H,2H2,1H3. The molecule has 0 aliphatic carbocycles. The zero-order valence-electron chi connectivity index (χ0n) is 19.7. The minimum absolute atomic E-state index is 0.443. The zero-order chi connectivity index (χ0) is 23.0. The minimum Gasteiger partial charge on any atom is -0.179 e. The van der Waals surface area contributed by atoms with Crippen molar-refractivity contribution in [1.82, 2.24) is 0 Å². The van der Waals surface area contributed by atoms with Gasteiger partial charge in [0.2, 0.25) is 0 Å². The molecule has 3 unspecified atom stereocenters. The predicted molar refractivity (Wildman–Crippen MR) is 159 cm³/mol. The molecule has 28 heavy (non-hydrogen) atoms. The maximum Gasteiger partial charge on any atom is 0.00766 e. The number of rotatable bonds is 11. The summed E-state index contributed by atoms with van der Waals surface area (Å²) in [4.78, 5) is 0. The maximum absolute atomic E-state index is 4.22. The topological polar surface area (TPSA) is 0 Å². The lowest BCUT2D eigenvalue weighted by Gasteiger charge is -2.22. The number of hydrogen-bond acceptors (Lipinski definition) is 6. The summed E-state index contributed by atoms with van der Waals surface area (Å²) in [6, 6.07) is 0. The maximum atomic E-state index is 4.22. The van der Waals surface area contributed by atoms with Gasteiger partial charge in [0.25, 0.3) is 0 Å². The van der Waals surface area contributed by atoms with Gasteiger partial charge >= 0.3 is 0 Å². The molecule has 0 nitrogen and oxygen atoms in total. The summed E-state index contributed by atoms with van der Waals surface area (Å²) in [6.45, 7) is 15.4. The van der Waals surface area contributed by atoms with Crippen molar-refractivity contribution in [1.29, 1.82) is 0 Å². The molecule has 6 heteroatoms. The Labute approximate surface area is 212 Å². The molecule has 0 heterocycles. The Hall–Kier alpha value is 2.10. The van der Waals surface area contributed by atoms with Gasteiger partial charge in [-0.3, -0.25) is 0 Å². The largest absolute Gasteiger partial charge is 0.179 e. The van der Waals surface area contributed by atoms with Crippen molar-refractivity contribution in [2.75, 3.05) is 28.8 Å². The highest BCUT2D eigenvalue weighted by molar-refractivity contribution is 7.84. The molecule has 0 radical (unpaired) electrons. The lowest BCUT2D eigenvalue weighted by atomic mass is 9.85. The summed E-state index contributed by atoms with van der Waals surface area (Å²) in [5.41, 5.74) is 0.477. The quantitative estimate of drug-likeness (QED) is 0.148. The van der Waals surface area contributed by atoms with Crippen molar-refractivity contribution in [3.05, 3.63) is 0 Å². The van der Waals surface area contributed by atoms with E-state index in [1.54, 1.807) is 0 Å². The molecule has 0 aromatic carbocycles. The van der Waals surface area contributed by atoms with Crippen LogP contribution in [-0.2, 0) is 0 Å². The van der Waals surface area contributed by atoms with Crippen LogP contribution in [-0.4, -0.2) is 34.0 Å². The van der Waals surface area contributed by atoms with Gasteiger partial charge in [0.15, 0.2) is 0 Å². The van der Waals surface area contributed by atoms with E-state index in [1.807, 2.05) is 6.92 Å². The Kier molecular flexibility index (Phi) is 38.9. The van der Waals surface area contributed by atoms with Gasteiger partial charge in [0.1, 0.15) is 0 Å². The Morgan fingerprint density at radius 1 is 0.714 bits per heavy atom. The van der Waals surface area contributed by atoms with Gasteiger partial charge in [-0.15, -0.1) is 0 Å². The van der Waals surface area contributed by atoms with E-state index in [-0.39, 0.29) is 0 Å². The van der Waals surface area contributed by atoms with Crippen molar-refractivity contribution in [3.8, 4) is 0 Å². The Balaban J connectivity index is -0.000000142. The van der Waals surface area contributed by atoms with Crippen LogP contribution in [0.2, 0.25) is 0 Å². The summed E-state index contributed by atoms with van der Waals surface area (Å²) in [7, 11) is 0. The van der Waals surface area contributed by atoms with Crippen LogP contribution in [0.4, 0.5) is 0 Å². The van der Waals surface area contributed by atoms with Crippen molar-refractivity contribution in [2.45, 2.75) is 92.2 Å². The van der Waals surface area contributed by atoms with Gasteiger partial charge in [0.05, 0.1) is 0 Å². The van der Waals surface area contributed by atoms with E-state index in [4.69, 9.17) is 0 Å². The Morgan fingerprint density at radius 2 is 1.18 bits per heavy atom. The molecule has 0 saturated heterocycles. The van der Waals surface area contributed by atoms with Crippen LogP contribution >= 0.6 is 75.8 Å². The highest BCUT2D eigenvalue weighted by atomic mass is 32.1. The second kappa shape index (κ2) is 29.1. The average Bonchev–Trinajstić information content (AvgIpc) is 2.67. The second-order valence-electron chi connectivity index (χ2n) is 8.27. The molecular weight excluding hydrogens is 457 g/mol. The van der Waals surface area contributed by atoms with Gasteiger partial charge in [-0.25, -0.2) is 0 Å². The SMILES string of the molecule is CC(C)(CCS)CCCS.CC(S)CS.CCC(C)CS.CCCC(C)CS. The molecule has 0 spiro atoms. The first-order valence-corrected chi connectivity index (χ1v) is 14.4. The predicted octanol–water partition coefficient (Wildman–Crippen LogP) is 8.59. The van der Waals surface area contributed by atoms with Gasteiger partial charge in [-0.1, -0.05) is 67.7 Å². The summed E-state index contributed by atoms with van der Waals surface area (Å²) >= 11 is 24.6. The average molecular weight is 509 g/mol. The van der Waals surface area contributed by atoms with E-state index in [0.717, 1.165) is 40.6 Å². The van der Waals surface area contributed by atoms with Gasteiger partial charge in [0, 0.05) is 11.0 Å². The summed E-state index contributed by atoms with van der Waals surface area (Å²) in [6.07, 6.45) is 7.58. The fraction of sp³-hybridized carbons (Fsp3) is 1.00. The normalized spacial score (nSPS) is 13.6.